The Labute approximate surface area is 214 Å². The van der Waals surface area contributed by atoms with Gasteiger partial charge in [-0.25, -0.2) is 14.2 Å². The monoisotopic (exact) mass is 528 g/mol. The van der Waals surface area contributed by atoms with Crippen LogP contribution in [0.3, 0.4) is 0 Å². The highest BCUT2D eigenvalue weighted by Crippen LogP contribution is 2.32. The first-order chi connectivity index (χ1) is 17.4. The van der Waals surface area contributed by atoms with Crippen LogP contribution < -0.4 is 15.6 Å². The van der Waals surface area contributed by atoms with Crippen LogP contribution >= 0.6 is 22.9 Å². The number of para-hydroxylation sites is 1. The van der Waals surface area contributed by atoms with Crippen LogP contribution in [0.15, 0.2) is 53.3 Å². The van der Waals surface area contributed by atoms with Gasteiger partial charge in [0.15, 0.2) is 5.01 Å². The van der Waals surface area contributed by atoms with E-state index in [1.54, 1.807) is 12.0 Å². The van der Waals surface area contributed by atoms with Crippen molar-refractivity contribution in [1.82, 2.24) is 24.4 Å². The van der Waals surface area contributed by atoms with Crippen LogP contribution in [0.1, 0.15) is 5.69 Å². The molecule has 2 amide bonds. The third-order valence-electron chi connectivity index (χ3n) is 5.85. The Bertz CT molecular complexity index is 1480. The van der Waals surface area contributed by atoms with Crippen LogP contribution in [0.5, 0.6) is 5.75 Å². The topological polar surface area (TPSA) is 92.1 Å². The van der Waals surface area contributed by atoms with Crippen LogP contribution in [0, 0.1) is 5.82 Å². The molecule has 0 radical (unpaired) electrons. The lowest BCUT2D eigenvalue weighted by molar-refractivity contribution is 0.142. The zero-order chi connectivity index (χ0) is 25.2. The molecule has 0 spiro atoms. The summed E-state index contributed by atoms with van der Waals surface area (Å²) in [5.41, 5.74) is 1.63. The normalized spacial score (nSPS) is 14.2. The highest BCUT2D eigenvalue weighted by molar-refractivity contribution is 7.19. The number of ether oxygens (including phenoxy) is 1. The van der Waals surface area contributed by atoms with E-state index in [4.69, 9.17) is 16.3 Å². The number of hydrogen-bond acceptors (Lipinski definition) is 7. The number of halogens is 2. The molecule has 0 saturated carbocycles. The largest absolute Gasteiger partial charge is 0.496 e. The summed E-state index contributed by atoms with van der Waals surface area (Å²) >= 11 is 7.11. The first-order valence-electron chi connectivity index (χ1n) is 11.2. The van der Waals surface area contributed by atoms with Gasteiger partial charge in [-0.2, -0.15) is 9.61 Å². The Balaban J connectivity index is 1.24. The first-order valence-corrected chi connectivity index (χ1v) is 12.4. The van der Waals surface area contributed by atoms with Gasteiger partial charge in [0.1, 0.15) is 11.6 Å². The maximum atomic E-state index is 13.3. The Kier molecular flexibility index (Phi) is 6.86. The maximum Gasteiger partial charge on any atom is 0.321 e. The smallest absolute Gasteiger partial charge is 0.321 e. The molecule has 0 aliphatic carbocycles. The van der Waals surface area contributed by atoms with Crippen LogP contribution in [0.4, 0.5) is 14.9 Å². The predicted molar refractivity (Wildman–Crippen MR) is 136 cm³/mol. The van der Waals surface area contributed by atoms with Crippen molar-refractivity contribution in [3.8, 4) is 16.3 Å². The number of rotatable bonds is 5. The fraction of sp³-hybridized carbons (Fsp3) is 0.250. The average Bonchev–Trinajstić information content (AvgIpc) is 3.31. The van der Waals surface area contributed by atoms with Crippen LogP contribution in [0.25, 0.3) is 15.5 Å². The molecule has 12 heteroatoms. The van der Waals surface area contributed by atoms with E-state index < -0.39 is 5.82 Å². The lowest BCUT2D eigenvalue weighted by Crippen LogP contribution is -2.49. The van der Waals surface area contributed by atoms with Gasteiger partial charge in [-0.1, -0.05) is 35.1 Å². The van der Waals surface area contributed by atoms with Crippen molar-refractivity contribution in [3.05, 3.63) is 75.4 Å². The zero-order valence-corrected chi connectivity index (χ0v) is 20.9. The number of urea groups is 1. The Morgan fingerprint density at radius 1 is 1.17 bits per heavy atom. The van der Waals surface area contributed by atoms with Gasteiger partial charge in [-0.05, 0) is 30.3 Å². The molecule has 186 valence electrons. The van der Waals surface area contributed by atoms with Crippen LogP contribution in [-0.2, 0) is 6.54 Å². The molecule has 0 bridgehead atoms. The molecule has 1 saturated heterocycles. The van der Waals surface area contributed by atoms with Crippen molar-refractivity contribution in [3.63, 3.8) is 0 Å². The number of anilines is 1. The lowest BCUT2D eigenvalue weighted by Gasteiger charge is -2.34. The minimum atomic E-state index is -0.538. The molecule has 1 aliphatic rings. The molecule has 1 N–H and O–H groups in total. The van der Waals surface area contributed by atoms with Gasteiger partial charge < -0.3 is 15.0 Å². The number of aromatic nitrogens is 3. The second-order valence-electron chi connectivity index (χ2n) is 8.21. The van der Waals surface area contributed by atoms with Gasteiger partial charge in [0.05, 0.1) is 23.4 Å². The van der Waals surface area contributed by atoms with E-state index in [1.165, 1.54) is 40.1 Å². The van der Waals surface area contributed by atoms with E-state index in [1.807, 2.05) is 24.3 Å². The van der Waals surface area contributed by atoms with E-state index in [2.05, 4.69) is 20.3 Å². The number of benzene rings is 2. The summed E-state index contributed by atoms with van der Waals surface area (Å²) in [6, 6.07) is 12.8. The second-order valence-corrected chi connectivity index (χ2v) is 9.57. The molecule has 1 fully saturated rings. The van der Waals surface area contributed by atoms with Crippen molar-refractivity contribution >= 4 is 39.6 Å². The van der Waals surface area contributed by atoms with E-state index in [0.29, 0.717) is 59.8 Å². The average molecular weight is 529 g/mol. The quantitative estimate of drug-likeness (QED) is 0.421. The van der Waals surface area contributed by atoms with Gasteiger partial charge in [0.25, 0.3) is 5.56 Å². The minimum Gasteiger partial charge on any atom is -0.496 e. The molecule has 4 aromatic rings. The van der Waals surface area contributed by atoms with E-state index in [-0.39, 0.29) is 16.6 Å². The minimum absolute atomic E-state index is 0.0473. The Morgan fingerprint density at radius 2 is 1.94 bits per heavy atom. The van der Waals surface area contributed by atoms with Crippen molar-refractivity contribution in [2.24, 2.45) is 0 Å². The van der Waals surface area contributed by atoms with Gasteiger partial charge in [0, 0.05) is 44.5 Å². The lowest BCUT2D eigenvalue weighted by atomic mass is 10.2. The number of amides is 2. The summed E-state index contributed by atoms with van der Waals surface area (Å²) in [4.78, 5) is 34.3. The number of nitrogens with zero attached hydrogens (tertiary/aromatic N) is 5. The number of carbonyl (C=O) groups excluding carboxylic acids is 1. The van der Waals surface area contributed by atoms with Crippen molar-refractivity contribution < 1.29 is 13.9 Å². The number of carbonyl (C=O) groups is 1. The van der Waals surface area contributed by atoms with Crippen molar-refractivity contribution in [1.29, 1.82) is 0 Å². The zero-order valence-electron chi connectivity index (χ0n) is 19.3. The maximum absolute atomic E-state index is 13.3. The van der Waals surface area contributed by atoms with Gasteiger partial charge in [-0.15, -0.1) is 0 Å². The van der Waals surface area contributed by atoms with Crippen LogP contribution in [0.2, 0.25) is 5.02 Å². The number of nitrogens with one attached hydrogen (secondary N) is 1. The molecule has 2 aromatic heterocycles. The fourth-order valence-electron chi connectivity index (χ4n) is 3.98. The first kappa shape index (κ1) is 24.2. The van der Waals surface area contributed by atoms with Gasteiger partial charge >= 0.3 is 6.03 Å². The summed E-state index contributed by atoms with van der Waals surface area (Å²) in [6.07, 6.45) is 0. The summed E-state index contributed by atoms with van der Waals surface area (Å²) < 4.78 is 20.1. The van der Waals surface area contributed by atoms with Crippen molar-refractivity contribution in [2.75, 3.05) is 38.6 Å². The molecular weight excluding hydrogens is 507 g/mol. The van der Waals surface area contributed by atoms with E-state index in [0.717, 1.165) is 5.56 Å². The summed E-state index contributed by atoms with van der Waals surface area (Å²) in [7, 11) is 1.59. The standard InChI is InChI=1S/C24H22ClFN6O3S/c1-35-20-5-3-2-4-17(20)22-29-32-21(33)13-16(28-24(32)36-22)14-30-8-10-31(11-9-30)23(34)27-15-6-7-19(26)18(25)12-15/h2-7,12-13H,8-11,14H2,1H3,(H,27,34). The Hall–Kier alpha value is -3.54. The highest BCUT2D eigenvalue weighted by atomic mass is 35.5. The fourth-order valence-corrected chi connectivity index (χ4v) is 5.12. The molecule has 0 unspecified atom stereocenters. The molecule has 9 nitrogen and oxygen atoms in total. The van der Waals surface area contributed by atoms with Gasteiger partial charge in [-0.3, -0.25) is 9.69 Å². The SMILES string of the molecule is COc1ccccc1-c1nn2c(=O)cc(CN3CCN(C(=O)Nc4ccc(F)c(Cl)c4)CC3)nc2s1. The molecule has 1 aliphatic heterocycles. The number of piperazine rings is 1. The molecule has 0 atom stereocenters. The molecule has 5 rings (SSSR count). The van der Waals surface area contributed by atoms with Crippen molar-refractivity contribution in [2.45, 2.75) is 6.54 Å². The van der Waals surface area contributed by atoms with Crippen LogP contribution in [-0.4, -0.2) is 63.7 Å². The number of hydrogen-bond donors (Lipinski definition) is 1. The highest BCUT2D eigenvalue weighted by Gasteiger charge is 2.22. The molecule has 36 heavy (non-hydrogen) atoms. The molecular formula is C24H22ClFN6O3S. The Morgan fingerprint density at radius 3 is 2.69 bits per heavy atom. The number of fused-ring (bicyclic) bond motifs is 1. The summed E-state index contributed by atoms with van der Waals surface area (Å²) in [5.74, 6) is 0.137. The van der Waals surface area contributed by atoms with E-state index in [9.17, 15) is 14.0 Å². The summed E-state index contributed by atoms with van der Waals surface area (Å²) in [5, 5.41) is 7.78. The third-order valence-corrected chi connectivity index (χ3v) is 7.08. The second kappa shape index (κ2) is 10.2. The summed E-state index contributed by atoms with van der Waals surface area (Å²) in [6.45, 7) is 2.72. The molecule has 2 aromatic carbocycles. The van der Waals surface area contributed by atoms with Gasteiger partial charge in [0.2, 0.25) is 4.96 Å². The molecule has 3 heterocycles. The third kappa shape index (κ3) is 5.03. The van der Waals surface area contributed by atoms with E-state index >= 15 is 0 Å². The number of methoxy groups -OCH3 is 1. The predicted octanol–water partition coefficient (Wildman–Crippen LogP) is 3.97.